The predicted octanol–water partition coefficient (Wildman–Crippen LogP) is 3.00. The molecule has 0 aliphatic carbocycles. The van der Waals surface area contributed by atoms with E-state index < -0.39 is 0 Å². The minimum atomic E-state index is -0.204. The molecular weight excluding hydrogens is 304 g/mol. The second-order valence-corrected chi connectivity index (χ2v) is 6.06. The number of piperazine rings is 1. The lowest BCUT2D eigenvalue weighted by molar-refractivity contribution is 0.0989. The third kappa shape index (κ3) is 3.58. The van der Waals surface area contributed by atoms with Gasteiger partial charge in [-0.05, 0) is 25.5 Å². The van der Waals surface area contributed by atoms with Crippen molar-refractivity contribution in [1.29, 1.82) is 0 Å². The van der Waals surface area contributed by atoms with Gasteiger partial charge in [0.1, 0.15) is 0 Å². The van der Waals surface area contributed by atoms with E-state index in [0.29, 0.717) is 19.7 Å². The lowest BCUT2D eigenvalue weighted by atomic mass is 10.2. The Morgan fingerprint density at radius 1 is 1.12 bits per heavy atom. The molecule has 1 aliphatic rings. The molecule has 0 N–H and O–H groups in total. The van der Waals surface area contributed by atoms with Crippen LogP contribution < -0.4 is 4.90 Å². The van der Waals surface area contributed by atoms with Crippen LogP contribution in [-0.2, 0) is 4.74 Å². The van der Waals surface area contributed by atoms with Crippen molar-refractivity contribution in [1.82, 2.24) is 14.9 Å². The maximum atomic E-state index is 12.0. The van der Waals surface area contributed by atoms with Crippen molar-refractivity contribution in [3.05, 3.63) is 30.0 Å². The molecule has 24 heavy (non-hydrogen) atoms. The number of rotatable bonds is 4. The summed E-state index contributed by atoms with van der Waals surface area (Å²) in [4.78, 5) is 25.4. The van der Waals surface area contributed by atoms with Gasteiger partial charge in [0.05, 0.1) is 23.3 Å². The number of unbranched alkanes of at least 4 members (excludes halogenated alkanes) is 1. The van der Waals surface area contributed by atoms with Crippen LogP contribution in [0.2, 0.25) is 0 Å². The molecule has 1 fully saturated rings. The molecule has 0 unspecified atom stereocenters. The first-order chi connectivity index (χ1) is 11.7. The fourth-order valence-corrected chi connectivity index (χ4v) is 2.87. The monoisotopic (exact) mass is 328 g/mol. The average Bonchev–Trinajstić information content (AvgIpc) is 2.61. The van der Waals surface area contributed by atoms with Crippen molar-refractivity contribution in [3.63, 3.8) is 0 Å². The quantitative estimate of drug-likeness (QED) is 0.808. The van der Waals surface area contributed by atoms with Gasteiger partial charge < -0.3 is 14.5 Å². The first-order valence-electron chi connectivity index (χ1n) is 8.59. The van der Waals surface area contributed by atoms with E-state index in [9.17, 15) is 4.79 Å². The fourth-order valence-electron chi connectivity index (χ4n) is 2.87. The normalized spacial score (nSPS) is 14.9. The molecule has 0 saturated carbocycles. The van der Waals surface area contributed by atoms with Gasteiger partial charge in [-0.1, -0.05) is 25.5 Å². The smallest absolute Gasteiger partial charge is 0.409 e. The average molecular weight is 328 g/mol. The Morgan fingerprint density at radius 3 is 2.46 bits per heavy atom. The summed E-state index contributed by atoms with van der Waals surface area (Å²) in [6.07, 6.45) is 1.74. The number of ether oxygens (including phenoxy) is 1. The summed E-state index contributed by atoms with van der Waals surface area (Å²) in [6, 6.07) is 7.90. The molecule has 1 aliphatic heterocycles. The summed E-state index contributed by atoms with van der Waals surface area (Å²) in [5, 5.41) is 0. The number of aromatic nitrogens is 2. The minimum absolute atomic E-state index is 0.204. The van der Waals surface area contributed by atoms with Crippen LogP contribution in [0.4, 0.5) is 10.6 Å². The standard InChI is InChI=1S/C18H24N4O2/c1-3-4-13-24-18(23)22-11-9-21(10-12-22)17-14(2)19-15-7-5-6-8-16(15)20-17/h5-8H,3-4,9-13H2,1-2H3. The largest absolute Gasteiger partial charge is 0.449 e. The Hall–Kier alpha value is -2.37. The van der Waals surface area contributed by atoms with Gasteiger partial charge >= 0.3 is 6.09 Å². The summed E-state index contributed by atoms with van der Waals surface area (Å²) >= 11 is 0. The van der Waals surface area contributed by atoms with Gasteiger partial charge in [-0.3, -0.25) is 0 Å². The Morgan fingerprint density at radius 2 is 1.79 bits per heavy atom. The van der Waals surface area contributed by atoms with E-state index in [1.165, 1.54) is 0 Å². The number of carbonyl (C=O) groups is 1. The highest BCUT2D eigenvalue weighted by atomic mass is 16.6. The summed E-state index contributed by atoms with van der Waals surface area (Å²) in [5.41, 5.74) is 2.74. The molecule has 0 spiro atoms. The van der Waals surface area contributed by atoms with Gasteiger partial charge in [-0.15, -0.1) is 0 Å². The molecule has 3 rings (SSSR count). The van der Waals surface area contributed by atoms with Crippen molar-refractivity contribution in [2.75, 3.05) is 37.7 Å². The van der Waals surface area contributed by atoms with Gasteiger partial charge in [0.15, 0.2) is 5.82 Å². The molecule has 1 aromatic carbocycles. The molecule has 1 amide bonds. The Labute approximate surface area is 142 Å². The molecule has 2 aromatic rings. The number of nitrogens with zero attached hydrogens (tertiary/aromatic N) is 4. The van der Waals surface area contributed by atoms with Crippen LogP contribution in [0.25, 0.3) is 11.0 Å². The first-order valence-corrected chi connectivity index (χ1v) is 8.59. The van der Waals surface area contributed by atoms with Gasteiger partial charge in [0, 0.05) is 26.2 Å². The van der Waals surface area contributed by atoms with Crippen molar-refractivity contribution in [3.8, 4) is 0 Å². The van der Waals surface area contributed by atoms with Crippen molar-refractivity contribution in [2.24, 2.45) is 0 Å². The van der Waals surface area contributed by atoms with Gasteiger partial charge in [0.2, 0.25) is 0 Å². The van der Waals surface area contributed by atoms with E-state index in [0.717, 1.165) is 48.5 Å². The molecule has 0 radical (unpaired) electrons. The number of para-hydroxylation sites is 2. The Balaban J connectivity index is 1.64. The van der Waals surface area contributed by atoms with Gasteiger partial charge in [0.25, 0.3) is 0 Å². The van der Waals surface area contributed by atoms with Crippen LogP contribution in [0.5, 0.6) is 0 Å². The van der Waals surface area contributed by atoms with E-state index in [2.05, 4.69) is 16.8 Å². The van der Waals surface area contributed by atoms with Crippen LogP contribution in [0, 0.1) is 6.92 Å². The Kier molecular flexibility index (Phi) is 5.13. The Bertz CT molecular complexity index is 711. The SMILES string of the molecule is CCCCOC(=O)N1CCN(c2nc3ccccc3nc2C)CC1. The highest BCUT2D eigenvalue weighted by Crippen LogP contribution is 2.21. The van der Waals surface area contributed by atoms with Crippen LogP contribution >= 0.6 is 0 Å². The minimum Gasteiger partial charge on any atom is -0.449 e. The fraction of sp³-hybridized carbons (Fsp3) is 0.500. The van der Waals surface area contributed by atoms with Gasteiger partial charge in [-0.25, -0.2) is 14.8 Å². The first kappa shape index (κ1) is 16.5. The van der Waals surface area contributed by atoms with Crippen LogP contribution in [0.3, 0.4) is 0 Å². The molecule has 2 heterocycles. The zero-order valence-corrected chi connectivity index (χ0v) is 14.4. The van der Waals surface area contributed by atoms with E-state index >= 15 is 0 Å². The molecule has 1 saturated heterocycles. The predicted molar refractivity (Wildman–Crippen MR) is 94.3 cm³/mol. The van der Waals surface area contributed by atoms with Crippen molar-refractivity contribution >= 4 is 22.9 Å². The van der Waals surface area contributed by atoms with Crippen LogP contribution in [0.1, 0.15) is 25.5 Å². The molecule has 0 atom stereocenters. The molecular formula is C18H24N4O2. The van der Waals surface area contributed by atoms with E-state index in [1.54, 1.807) is 4.90 Å². The maximum absolute atomic E-state index is 12.0. The molecule has 6 nitrogen and oxygen atoms in total. The van der Waals surface area contributed by atoms with Gasteiger partial charge in [-0.2, -0.15) is 0 Å². The molecule has 1 aromatic heterocycles. The summed E-state index contributed by atoms with van der Waals surface area (Å²) in [6.45, 7) is 7.37. The summed E-state index contributed by atoms with van der Waals surface area (Å²) < 4.78 is 5.28. The summed E-state index contributed by atoms with van der Waals surface area (Å²) in [7, 11) is 0. The number of fused-ring (bicyclic) bond motifs is 1. The zero-order valence-electron chi connectivity index (χ0n) is 14.4. The highest BCUT2D eigenvalue weighted by molar-refractivity contribution is 5.76. The van der Waals surface area contributed by atoms with E-state index in [1.807, 2.05) is 31.2 Å². The maximum Gasteiger partial charge on any atom is 0.409 e. The van der Waals surface area contributed by atoms with Crippen molar-refractivity contribution in [2.45, 2.75) is 26.7 Å². The van der Waals surface area contributed by atoms with Crippen molar-refractivity contribution < 1.29 is 9.53 Å². The number of hydrogen-bond donors (Lipinski definition) is 0. The number of aryl methyl sites for hydroxylation is 1. The third-order valence-corrected chi connectivity index (χ3v) is 4.28. The van der Waals surface area contributed by atoms with Crippen LogP contribution in [-0.4, -0.2) is 53.7 Å². The molecule has 6 heteroatoms. The van der Waals surface area contributed by atoms with Crippen LogP contribution in [0.15, 0.2) is 24.3 Å². The highest BCUT2D eigenvalue weighted by Gasteiger charge is 2.24. The summed E-state index contributed by atoms with van der Waals surface area (Å²) in [5.74, 6) is 0.910. The number of carbonyl (C=O) groups excluding carboxylic acids is 1. The zero-order chi connectivity index (χ0) is 16.9. The lowest BCUT2D eigenvalue weighted by Crippen LogP contribution is -2.49. The topological polar surface area (TPSA) is 58.6 Å². The van der Waals surface area contributed by atoms with E-state index in [-0.39, 0.29) is 6.09 Å². The second-order valence-electron chi connectivity index (χ2n) is 6.06. The third-order valence-electron chi connectivity index (χ3n) is 4.28. The second kappa shape index (κ2) is 7.47. The van der Waals surface area contributed by atoms with E-state index in [4.69, 9.17) is 9.72 Å². The number of amides is 1. The number of benzene rings is 1. The molecule has 0 bridgehead atoms. The number of anilines is 1. The number of hydrogen-bond acceptors (Lipinski definition) is 5. The lowest BCUT2D eigenvalue weighted by Gasteiger charge is -2.35. The molecule has 128 valence electrons.